The molecular weight excluding hydrogens is 274 g/mol. The molecule has 1 unspecified atom stereocenters. The van der Waals surface area contributed by atoms with E-state index in [9.17, 15) is 0 Å². The molecule has 0 amide bonds. The van der Waals surface area contributed by atoms with Crippen LogP contribution in [-0.2, 0) is 10.3 Å². The van der Waals surface area contributed by atoms with Gasteiger partial charge in [0, 0.05) is 12.5 Å². The first-order chi connectivity index (χ1) is 9.76. The summed E-state index contributed by atoms with van der Waals surface area (Å²) in [5.41, 5.74) is 6.31. The van der Waals surface area contributed by atoms with Gasteiger partial charge < -0.3 is 10.5 Å². The van der Waals surface area contributed by atoms with Gasteiger partial charge in [0.2, 0.25) is 4.96 Å². The van der Waals surface area contributed by atoms with Crippen molar-refractivity contribution in [2.75, 3.05) is 13.2 Å². The smallest absolute Gasteiger partial charge is 0.234 e. The van der Waals surface area contributed by atoms with Crippen LogP contribution in [0.3, 0.4) is 0 Å². The van der Waals surface area contributed by atoms with Crippen molar-refractivity contribution in [1.29, 1.82) is 0 Å². The molecular formula is C13H19N5OS. The topological polar surface area (TPSA) is 78.3 Å². The first-order valence-corrected chi connectivity index (χ1v) is 8.17. The molecule has 1 atom stereocenters. The predicted molar refractivity (Wildman–Crippen MR) is 75.8 cm³/mol. The Labute approximate surface area is 121 Å². The minimum atomic E-state index is -0.257. The van der Waals surface area contributed by atoms with E-state index in [2.05, 4.69) is 10.2 Å². The van der Waals surface area contributed by atoms with Crippen LogP contribution in [0.5, 0.6) is 0 Å². The number of rotatable bonds is 2. The highest BCUT2D eigenvalue weighted by Crippen LogP contribution is 2.37. The molecule has 2 aromatic rings. The van der Waals surface area contributed by atoms with Gasteiger partial charge in [0.1, 0.15) is 5.01 Å². The standard InChI is InChI=1S/C13H19N5OS/c14-13(5-2-1-3-6-13)11-17-18-10(9-4-7-19-8-9)15-16-12(18)20-11/h9H,1-8,14H2. The summed E-state index contributed by atoms with van der Waals surface area (Å²) in [5.74, 6) is 1.25. The average molecular weight is 293 g/mol. The third-order valence-corrected chi connectivity index (χ3v) is 5.60. The second-order valence-corrected chi connectivity index (χ2v) is 6.89. The van der Waals surface area contributed by atoms with Gasteiger partial charge in [-0.2, -0.15) is 9.61 Å². The van der Waals surface area contributed by atoms with E-state index in [1.54, 1.807) is 11.3 Å². The Kier molecular flexibility index (Phi) is 3.01. The molecule has 0 bridgehead atoms. The molecule has 2 aliphatic rings. The molecule has 0 aromatic carbocycles. The molecule has 20 heavy (non-hydrogen) atoms. The molecule has 108 valence electrons. The van der Waals surface area contributed by atoms with Crippen LogP contribution in [0.4, 0.5) is 0 Å². The maximum atomic E-state index is 6.57. The molecule has 7 heteroatoms. The Morgan fingerprint density at radius 3 is 2.85 bits per heavy atom. The monoisotopic (exact) mass is 293 g/mol. The first kappa shape index (κ1) is 12.7. The van der Waals surface area contributed by atoms with Crippen LogP contribution in [0.25, 0.3) is 4.96 Å². The number of hydrogen-bond acceptors (Lipinski definition) is 6. The lowest BCUT2D eigenvalue weighted by Gasteiger charge is -2.30. The van der Waals surface area contributed by atoms with Crippen molar-refractivity contribution in [2.24, 2.45) is 5.73 Å². The number of ether oxygens (including phenoxy) is 1. The first-order valence-electron chi connectivity index (χ1n) is 7.35. The van der Waals surface area contributed by atoms with Crippen molar-refractivity contribution in [3.63, 3.8) is 0 Å². The summed E-state index contributed by atoms with van der Waals surface area (Å²) in [6.45, 7) is 1.53. The van der Waals surface area contributed by atoms with Crippen molar-refractivity contribution in [1.82, 2.24) is 19.8 Å². The van der Waals surface area contributed by atoms with E-state index in [0.717, 1.165) is 48.3 Å². The molecule has 4 rings (SSSR count). The zero-order valence-electron chi connectivity index (χ0n) is 11.4. The molecule has 3 heterocycles. The van der Waals surface area contributed by atoms with E-state index < -0.39 is 0 Å². The molecule has 0 radical (unpaired) electrons. The molecule has 2 N–H and O–H groups in total. The van der Waals surface area contributed by atoms with E-state index in [1.807, 2.05) is 4.52 Å². The van der Waals surface area contributed by atoms with Crippen molar-refractivity contribution in [3.8, 4) is 0 Å². The number of nitrogens with zero attached hydrogens (tertiary/aromatic N) is 4. The SMILES string of the molecule is NC1(c2nn3c(C4CCOC4)nnc3s2)CCCCC1. The number of fused-ring (bicyclic) bond motifs is 1. The number of hydrogen-bond donors (Lipinski definition) is 1. The van der Waals surface area contributed by atoms with Gasteiger partial charge in [-0.15, -0.1) is 10.2 Å². The van der Waals surface area contributed by atoms with Gasteiger partial charge in [0.25, 0.3) is 0 Å². The summed E-state index contributed by atoms with van der Waals surface area (Å²) in [6.07, 6.45) is 6.73. The van der Waals surface area contributed by atoms with E-state index in [-0.39, 0.29) is 5.54 Å². The highest BCUT2D eigenvalue weighted by Gasteiger charge is 2.34. The highest BCUT2D eigenvalue weighted by molar-refractivity contribution is 7.16. The second-order valence-electron chi connectivity index (χ2n) is 5.94. The van der Waals surface area contributed by atoms with E-state index in [0.29, 0.717) is 5.92 Å². The summed E-state index contributed by atoms with van der Waals surface area (Å²) in [7, 11) is 0. The summed E-state index contributed by atoms with van der Waals surface area (Å²) in [5, 5.41) is 14.3. The zero-order valence-corrected chi connectivity index (χ0v) is 12.2. The molecule has 1 saturated carbocycles. The van der Waals surface area contributed by atoms with Gasteiger partial charge in [-0.05, 0) is 19.3 Å². The minimum absolute atomic E-state index is 0.257. The van der Waals surface area contributed by atoms with Crippen molar-refractivity contribution in [3.05, 3.63) is 10.8 Å². The average Bonchev–Trinajstić information content (AvgIpc) is 3.15. The largest absolute Gasteiger partial charge is 0.381 e. The molecule has 2 aromatic heterocycles. The van der Waals surface area contributed by atoms with E-state index >= 15 is 0 Å². The minimum Gasteiger partial charge on any atom is -0.381 e. The number of nitrogens with two attached hydrogens (primary N) is 1. The van der Waals surface area contributed by atoms with Crippen LogP contribution in [-0.4, -0.2) is 33.0 Å². The fraction of sp³-hybridized carbons (Fsp3) is 0.769. The molecule has 0 spiro atoms. The normalized spacial score (nSPS) is 26.4. The lowest BCUT2D eigenvalue weighted by molar-refractivity contribution is 0.193. The Hall–Kier alpha value is -1.05. The van der Waals surface area contributed by atoms with E-state index in [4.69, 9.17) is 15.6 Å². The third kappa shape index (κ3) is 1.96. The Morgan fingerprint density at radius 1 is 1.25 bits per heavy atom. The van der Waals surface area contributed by atoms with Crippen LogP contribution in [0, 0.1) is 0 Å². The van der Waals surface area contributed by atoms with Gasteiger partial charge in [-0.25, -0.2) is 0 Å². The van der Waals surface area contributed by atoms with Gasteiger partial charge in [-0.1, -0.05) is 30.6 Å². The van der Waals surface area contributed by atoms with Crippen molar-refractivity contribution in [2.45, 2.75) is 50.0 Å². The zero-order chi connectivity index (χ0) is 13.6. The molecule has 1 aliphatic carbocycles. The van der Waals surface area contributed by atoms with Gasteiger partial charge in [0.05, 0.1) is 12.1 Å². The lowest BCUT2D eigenvalue weighted by atomic mass is 9.83. The van der Waals surface area contributed by atoms with Crippen LogP contribution >= 0.6 is 11.3 Å². The molecule has 1 saturated heterocycles. The van der Waals surface area contributed by atoms with Crippen LogP contribution in [0.2, 0.25) is 0 Å². The van der Waals surface area contributed by atoms with Crippen molar-refractivity contribution < 1.29 is 4.74 Å². The quantitative estimate of drug-likeness (QED) is 0.913. The lowest BCUT2D eigenvalue weighted by Crippen LogP contribution is -2.38. The second kappa shape index (κ2) is 4.75. The molecule has 2 fully saturated rings. The van der Waals surface area contributed by atoms with Crippen LogP contribution in [0.1, 0.15) is 55.3 Å². The maximum Gasteiger partial charge on any atom is 0.234 e. The summed E-state index contributed by atoms with van der Waals surface area (Å²) < 4.78 is 7.33. The molecule has 1 aliphatic heterocycles. The Bertz CT molecular complexity index is 609. The van der Waals surface area contributed by atoms with Crippen molar-refractivity contribution >= 4 is 16.3 Å². The van der Waals surface area contributed by atoms with Gasteiger partial charge in [0.15, 0.2) is 5.82 Å². The van der Waals surface area contributed by atoms with Crippen LogP contribution in [0.15, 0.2) is 0 Å². The number of aromatic nitrogens is 4. The molecule has 6 nitrogen and oxygen atoms in total. The third-order valence-electron chi connectivity index (χ3n) is 4.48. The summed E-state index contributed by atoms with van der Waals surface area (Å²) >= 11 is 1.59. The Morgan fingerprint density at radius 2 is 2.10 bits per heavy atom. The fourth-order valence-corrected chi connectivity index (χ4v) is 4.23. The van der Waals surface area contributed by atoms with E-state index in [1.165, 1.54) is 19.3 Å². The van der Waals surface area contributed by atoms with Gasteiger partial charge in [-0.3, -0.25) is 0 Å². The van der Waals surface area contributed by atoms with Crippen LogP contribution < -0.4 is 5.73 Å². The maximum absolute atomic E-state index is 6.57. The predicted octanol–water partition coefficient (Wildman–Crippen LogP) is 1.81. The highest BCUT2D eigenvalue weighted by atomic mass is 32.1. The Balaban J connectivity index is 1.71. The van der Waals surface area contributed by atoms with Gasteiger partial charge >= 0.3 is 0 Å². The fourth-order valence-electron chi connectivity index (χ4n) is 3.22. The summed E-state index contributed by atoms with van der Waals surface area (Å²) in [6, 6.07) is 0. The summed E-state index contributed by atoms with van der Waals surface area (Å²) in [4.78, 5) is 0.859.